The van der Waals surface area contributed by atoms with E-state index in [9.17, 15) is 9.59 Å². The maximum atomic E-state index is 12.5. The zero-order valence-electron chi connectivity index (χ0n) is 13.5. The molecule has 0 saturated carbocycles. The molecule has 2 rings (SSSR count). The van der Waals surface area contributed by atoms with Crippen LogP contribution in [0.3, 0.4) is 0 Å². The van der Waals surface area contributed by atoms with Crippen LogP contribution in [0.1, 0.15) is 28.5 Å². The van der Waals surface area contributed by atoms with Crippen molar-refractivity contribution in [3.8, 4) is 11.9 Å². The summed E-state index contributed by atoms with van der Waals surface area (Å²) in [6.07, 6.45) is -0.338. The van der Waals surface area contributed by atoms with Crippen LogP contribution in [0.25, 0.3) is 0 Å². The van der Waals surface area contributed by atoms with Crippen molar-refractivity contribution in [2.24, 2.45) is 0 Å². The van der Waals surface area contributed by atoms with Crippen molar-refractivity contribution in [2.75, 3.05) is 14.2 Å². The van der Waals surface area contributed by atoms with E-state index in [2.05, 4.69) is 15.3 Å². The van der Waals surface area contributed by atoms with E-state index in [1.807, 2.05) is 0 Å². The van der Waals surface area contributed by atoms with E-state index in [4.69, 9.17) is 26.2 Å². The molecule has 8 nitrogen and oxygen atoms in total. The second-order valence-corrected chi connectivity index (χ2v) is 5.33. The van der Waals surface area contributed by atoms with E-state index >= 15 is 0 Å². The van der Waals surface area contributed by atoms with Crippen molar-refractivity contribution < 1.29 is 24.2 Å². The molecule has 0 saturated heterocycles. The fourth-order valence-electron chi connectivity index (χ4n) is 2.12. The van der Waals surface area contributed by atoms with Gasteiger partial charge in [-0.2, -0.15) is 9.97 Å². The molecule has 0 fully saturated rings. The Morgan fingerprint density at radius 1 is 1.24 bits per heavy atom. The number of rotatable bonds is 7. The van der Waals surface area contributed by atoms with Gasteiger partial charge in [0.2, 0.25) is 5.88 Å². The summed E-state index contributed by atoms with van der Waals surface area (Å²) in [4.78, 5) is 31.5. The molecule has 0 aliphatic heterocycles. The van der Waals surface area contributed by atoms with Crippen LogP contribution >= 0.6 is 11.6 Å². The molecule has 1 heterocycles. The number of carboxylic acids is 1. The number of halogens is 1. The molecule has 0 radical (unpaired) electrons. The van der Waals surface area contributed by atoms with Gasteiger partial charge < -0.3 is 19.9 Å². The predicted molar refractivity (Wildman–Crippen MR) is 89.0 cm³/mol. The Bertz CT molecular complexity index is 762. The molecule has 0 bridgehead atoms. The van der Waals surface area contributed by atoms with Gasteiger partial charge >= 0.3 is 12.0 Å². The van der Waals surface area contributed by atoms with Gasteiger partial charge in [-0.05, 0) is 11.6 Å². The summed E-state index contributed by atoms with van der Waals surface area (Å²) in [7, 11) is 2.74. The average Bonchev–Trinajstić information content (AvgIpc) is 2.60. The quantitative estimate of drug-likeness (QED) is 0.772. The number of benzene rings is 1. The number of carboxylic acid groups (broad SMARTS) is 1. The smallest absolute Gasteiger partial charge is 0.320 e. The summed E-state index contributed by atoms with van der Waals surface area (Å²) in [6.45, 7) is 0. The Kier molecular flexibility index (Phi) is 6.13. The molecule has 0 aliphatic carbocycles. The molecule has 1 atom stereocenters. The number of carbonyl (C=O) groups is 2. The minimum absolute atomic E-state index is 0.0221. The van der Waals surface area contributed by atoms with Crippen molar-refractivity contribution in [3.63, 3.8) is 0 Å². The lowest BCUT2D eigenvalue weighted by molar-refractivity contribution is -0.137. The van der Waals surface area contributed by atoms with Crippen LogP contribution in [-0.4, -0.2) is 41.2 Å². The largest absolute Gasteiger partial charge is 0.481 e. The monoisotopic (exact) mass is 365 g/mol. The lowest BCUT2D eigenvalue weighted by Gasteiger charge is -2.18. The van der Waals surface area contributed by atoms with Gasteiger partial charge in [-0.25, -0.2) is 0 Å². The first kappa shape index (κ1) is 18.5. The van der Waals surface area contributed by atoms with Gasteiger partial charge in [0.15, 0.2) is 0 Å². The van der Waals surface area contributed by atoms with Crippen LogP contribution in [0, 0.1) is 0 Å². The summed E-state index contributed by atoms with van der Waals surface area (Å²) < 4.78 is 9.92. The zero-order chi connectivity index (χ0) is 18.4. The van der Waals surface area contributed by atoms with Crippen molar-refractivity contribution in [2.45, 2.75) is 12.5 Å². The molecule has 2 N–H and O–H groups in total. The second-order valence-electron chi connectivity index (χ2n) is 4.93. The van der Waals surface area contributed by atoms with Gasteiger partial charge in [-0.3, -0.25) is 9.59 Å². The standard InChI is InChI=1S/C16H16ClN3O5/c1-24-13-7-12(19-16(20-13)25-2)15(23)18-11(8-14(21)22)9-5-3-4-6-10(9)17/h3-7,11H,8H2,1-2H3,(H,18,23)(H,21,22). The van der Waals surface area contributed by atoms with E-state index in [1.165, 1.54) is 20.3 Å². The van der Waals surface area contributed by atoms with Gasteiger partial charge in [-0.15, -0.1) is 0 Å². The zero-order valence-corrected chi connectivity index (χ0v) is 14.3. The van der Waals surface area contributed by atoms with E-state index in [-0.39, 0.29) is 24.0 Å². The Hall–Kier alpha value is -2.87. The molecule has 1 aromatic carbocycles. The predicted octanol–water partition coefficient (Wildman–Crippen LogP) is 2.09. The third-order valence-electron chi connectivity index (χ3n) is 3.27. The number of nitrogens with zero attached hydrogens (tertiary/aromatic N) is 2. The molecular formula is C16H16ClN3O5. The number of nitrogens with one attached hydrogen (secondary N) is 1. The van der Waals surface area contributed by atoms with Crippen LogP contribution in [0.4, 0.5) is 0 Å². The molecule has 0 aliphatic rings. The first-order chi connectivity index (χ1) is 11.9. The molecule has 0 spiro atoms. The number of methoxy groups -OCH3 is 2. The fourth-order valence-corrected chi connectivity index (χ4v) is 2.39. The number of hydrogen-bond acceptors (Lipinski definition) is 6. The maximum Gasteiger partial charge on any atom is 0.320 e. The summed E-state index contributed by atoms with van der Waals surface area (Å²) in [5, 5.41) is 12.1. The van der Waals surface area contributed by atoms with Crippen LogP contribution in [0.5, 0.6) is 11.9 Å². The van der Waals surface area contributed by atoms with E-state index in [1.54, 1.807) is 24.3 Å². The number of hydrogen-bond donors (Lipinski definition) is 2. The normalized spacial score (nSPS) is 11.5. The average molecular weight is 366 g/mol. The first-order valence-electron chi connectivity index (χ1n) is 7.18. The van der Waals surface area contributed by atoms with Gasteiger partial charge in [0.05, 0.1) is 26.7 Å². The number of carbonyl (C=O) groups excluding carboxylic acids is 1. The molecule has 2 aromatic rings. The Balaban J connectivity index is 2.31. The highest BCUT2D eigenvalue weighted by Crippen LogP contribution is 2.25. The SMILES string of the molecule is COc1cc(C(=O)NC(CC(=O)O)c2ccccc2Cl)nc(OC)n1. The van der Waals surface area contributed by atoms with Gasteiger partial charge in [-0.1, -0.05) is 29.8 Å². The maximum absolute atomic E-state index is 12.5. The van der Waals surface area contributed by atoms with Crippen molar-refractivity contribution in [1.82, 2.24) is 15.3 Å². The summed E-state index contributed by atoms with van der Waals surface area (Å²) in [5.41, 5.74) is 0.471. The molecule has 1 amide bonds. The van der Waals surface area contributed by atoms with Crippen LogP contribution < -0.4 is 14.8 Å². The third-order valence-corrected chi connectivity index (χ3v) is 3.62. The second kappa shape index (κ2) is 8.29. The first-order valence-corrected chi connectivity index (χ1v) is 7.56. The highest BCUT2D eigenvalue weighted by atomic mass is 35.5. The van der Waals surface area contributed by atoms with Crippen LogP contribution in [0.2, 0.25) is 5.02 Å². The molecule has 25 heavy (non-hydrogen) atoms. The minimum atomic E-state index is -1.08. The number of ether oxygens (including phenoxy) is 2. The lowest BCUT2D eigenvalue weighted by atomic mass is 10.0. The molecule has 1 aromatic heterocycles. The summed E-state index contributed by atoms with van der Waals surface area (Å²) >= 11 is 6.12. The van der Waals surface area contributed by atoms with Gasteiger partial charge in [0, 0.05) is 11.1 Å². The third kappa shape index (κ3) is 4.80. The Morgan fingerprint density at radius 2 is 1.96 bits per heavy atom. The Labute approximate surface area is 148 Å². The molecular weight excluding hydrogens is 350 g/mol. The topological polar surface area (TPSA) is 111 Å². The van der Waals surface area contributed by atoms with Gasteiger partial charge in [0.25, 0.3) is 5.91 Å². The fraction of sp³-hybridized carbons (Fsp3) is 0.250. The van der Waals surface area contributed by atoms with Crippen LogP contribution in [-0.2, 0) is 4.79 Å². The van der Waals surface area contributed by atoms with E-state index < -0.39 is 17.9 Å². The van der Waals surface area contributed by atoms with E-state index in [0.29, 0.717) is 10.6 Å². The summed E-state index contributed by atoms with van der Waals surface area (Å²) in [5.74, 6) is -1.54. The van der Waals surface area contributed by atoms with E-state index in [0.717, 1.165) is 0 Å². The minimum Gasteiger partial charge on any atom is -0.481 e. The highest BCUT2D eigenvalue weighted by molar-refractivity contribution is 6.31. The van der Waals surface area contributed by atoms with Gasteiger partial charge in [0.1, 0.15) is 5.69 Å². The number of amides is 1. The Morgan fingerprint density at radius 3 is 2.56 bits per heavy atom. The number of aromatic nitrogens is 2. The van der Waals surface area contributed by atoms with Crippen molar-refractivity contribution in [3.05, 3.63) is 46.6 Å². The van der Waals surface area contributed by atoms with Crippen LogP contribution in [0.15, 0.2) is 30.3 Å². The molecule has 1 unspecified atom stereocenters. The number of aliphatic carboxylic acids is 1. The summed E-state index contributed by atoms with van der Waals surface area (Å²) in [6, 6.07) is 7.14. The highest BCUT2D eigenvalue weighted by Gasteiger charge is 2.22. The lowest BCUT2D eigenvalue weighted by Crippen LogP contribution is -2.31. The molecule has 132 valence electrons. The van der Waals surface area contributed by atoms with Crippen molar-refractivity contribution in [1.29, 1.82) is 0 Å². The van der Waals surface area contributed by atoms with Crippen molar-refractivity contribution >= 4 is 23.5 Å². The molecule has 9 heteroatoms.